The van der Waals surface area contributed by atoms with Crippen molar-refractivity contribution in [3.8, 4) is 0 Å². The number of hydrogen-bond acceptors (Lipinski definition) is 3. The molecular formula is C16H13ClFN3. The molecule has 0 aliphatic rings. The molecule has 0 saturated carbocycles. The summed E-state index contributed by atoms with van der Waals surface area (Å²) < 4.78 is 13.2. The summed E-state index contributed by atoms with van der Waals surface area (Å²) in [6.45, 7) is 2.10. The summed E-state index contributed by atoms with van der Waals surface area (Å²) in [7, 11) is 0. The van der Waals surface area contributed by atoms with Crippen molar-refractivity contribution in [1.29, 1.82) is 0 Å². The van der Waals surface area contributed by atoms with Crippen LogP contribution in [-0.2, 0) is 6.42 Å². The van der Waals surface area contributed by atoms with Crippen LogP contribution in [0.4, 0.5) is 15.9 Å². The molecule has 5 heteroatoms. The third-order valence-corrected chi connectivity index (χ3v) is 3.58. The van der Waals surface area contributed by atoms with Gasteiger partial charge in [0.15, 0.2) is 0 Å². The number of rotatable bonds is 3. The van der Waals surface area contributed by atoms with Crippen LogP contribution in [0.15, 0.2) is 42.7 Å². The number of nitrogens with zero attached hydrogens (tertiary/aromatic N) is 2. The summed E-state index contributed by atoms with van der Waals surface area (Å²) in [5.41, 5.74) is 2.75. The van der Waals surface area contributed by atoms with Gasteiger partial charge in [-0.15, -0.1) is 0 Å². The van der Waals surface area contributed by atoms with E-state index in [4.69, 9.17) is 11.6 Å². The van der Waals surface area contributed by atoms with Gasteiger partial charge in [0.05, 0.1) is 10.5 Å². The van der Waals surface area contributed by atoms with E-state index < -0.39 is 5.82 Å². The maximum Gasteiger partial charge on any atom is 0.141 e. The Labute approximate surface area is 126 Å². The summed E-state index contributed by atoms with van der Waals surface area (Å²) in [5, 5.41) is 4.17. The van der Waals surface area contributed by atoms with Gasteiger partial charge in [0, 0.05) is 11.1 Å². The van der Waals surface area contributed by atoms with Gasteiger partial charge < -0.3 is 5.32 Å². The molecule has 0 aliphatic carbocycles. The lowest BCUT2D eigenvalue weighted by Crippen LogP contribution is -1.97. The summed E-state index contributed by atoms with van der Waals surface area (Å²) in [6, 6.07) is 10.6. The number of aromatic nitrogens is 2. The van der Waals surface area contributed by atoms with Crippen LogP contribution in [0.3, 0.4) is 0 Å². The number of aryl methyl sites for hydroxylation is 1. The van der Waals surface area contributed by atoms with Gasteiger partial charge in [-0.2, -0.15) is 0 Å². The van der Waals surface area contributed by atoms with Gasteiger partial charge in [0.25, 0.3) is 0 Å². The number of halogens is 2. The van der Waals surface area contributed by atoms with Crippen LogP contribution < -0.4 is 5.32 Å². The van der Waals surface area contributed by atoms with Crippen LogP contribution in [0.25, 0.3) is 10.9 Å². The van der Waals surface area contributed by atoms with Crippen LogP contribution in [0, 0.1) is 5.82 Å². The van der Waals surface area contributed by atoms with Crippen molar-refractivity contribution in [3.05, 3.63) is 59.1 Å². The molecule has 0 radical (unpaired) electrons. The van der Waals surface area contributed by atoms with E-state index in [1.165, 1.54) is 24.0 Å². The van der Waals surface area contributed by atoms with E-state index in [1.807, 2.05) is 12.1 Å². The highest BCUT2D eigenvalue weighted by atomic mass is 35.5. The quantitative estimate of drug-likeness (QED) is 0.760. The van der Waals surface area contributed by atoms with E-state index in [9.17, 15) is 4.39 Å². The summed E-state index contributed by atoms with van der Waals surface area (Å²) in [5.74, 6) is 0.237. The molecular weight excluding hydrogens is 289 g/mol. The van der Waals surface area contributed by atoms with Crippen molar-refractivity contribution in [2.75, 3.05) is 5.32 Å². The molecule has 0 spiro atoms. The molecule has 0 bridgehead atoms. The SMILES string of the molecule is CCc1ccc2ncnc(Nc3ccc(F)c(Cl)c3)c2c1. The Hall–Kier alpha value is -2.20. The van der Waals surface area contributed by atoms with Crippen LogP contribution in [0.5, 0.6) is 0 Å². The largest absolute Gasteiger partial charge is 0.340 e. The minimum absolute atomic E-state index is 0.0765. The minimum Gasteiger partial charge on any atom is -0.340 e. The van der Waals surface area contributed by atoms with Gasteiger partial charge in [0.1, 0.15) is 18.0 Å². The fourth-order valence-corrected chi connectivity index (χ4v) is 2.31. The predicted octanol–water partition coefficient (Wildman–Crippen LogP) is 4.73. The molecule has 0 aliphatic heterocycles. The lowest BCUT2D eigenvalue weighted by molar-refractivity contribution is 0.628. The van der Waals surface area contributed by atoms with Crippen LogP contribution in [0.2, 0.25) is 5.02 Å². The third kappa shape index (κ3) is 2.81. The predicted molar refractivity (Wildman–Crippen MR) is 83.6 cm³/mol. The van der Waals surface area contributed by atoms with Crippen molar-refractivity contribution >= 4 is 34.0 Å². The zero-order valence-corrected chi connectivity index (χ0v) is 12.2. The van der Waals surface area contributed by atoms with Gasteiger partial charge in [-0.05, 0) is 42.3 Å². The van der Waals surface area contributed by atoms with Gasteiger partial charge >= 0.3 is 0 Å². The fourth-order valence-electron chi connectivity index (χ4n) is 2.13. The first-order chi connectivity index (χ1) is 10.2. The Morgan fingerprint density at radius 1 is 1.14 bits per heavy atom. The Bertz CT molecular complexity index is 805. The third-order valence-electron chi connectivity index (χ3n) is 3.29. The molecule has 1 heterocycles. The van der Waals surface area contributed by atoms with Crippen LogP contribution in [0.1, 0.15) is 12.5 Å². The van der Waals surface area contributed by atoms with Crippen molar-refractivity contribution in [2.45, 2.75) is 13.3 Å². The Kier molecular flexibility index (Phi) is 3.71. The first-order valence-electron chi connectivity index (χ1n) is 6.63. The van der Waals surface area contributed by atoms with Gasteiger partial charge in [-0.3, -0.25) is 0 Å². The molecule has 1 aromatic heterocycles. The zero-order chi connectivity index (χ0) is 14.8. The number of anilines is 2. The fraction of sp³-hybridized carbons (Fsp3) is 0.125. The number of benzene rings is 2. The number of hydrogen-bond donors (Lipinski definition) is 1. The molecule has 1 N–H and O–H groups in total. The molecule has 0 fully saturated rings. The molecule has 3 nitrogen and oxygen atoms in total. The molecule has 0 saturated heterocycles. The Morgan fingerprint density at radius 2 is 2.00 bits per heavy atom. The Balaban J connectivity index is 2.05. The first-order valence-corrected chi connectivity index (χ1v) is 7.01. The van der Waals surface area contributed by atoms with E-state index in [0.29, 0.717) is 11.5 Å². The second-order valence-electron chi connectivity index (χ2n) is 4.68. The molecule has 0 amide bonds. The molecule has 2 aromatic carbocycles. The highest BCUT2D eigenvalue weighted by Crippen LogP contribution is 2.26. The average molecular weight is 302 g/mol. The maximum absolute atomic E-state index is 13.2. The normalized spacial score (nSPS) is 10.8. The van der Waals surface area contributed by atoms with Crippen LogP contribution in [-0.4, -0.2) is 9.97 Å². The molecule has 0 unspecified atom stereocenters. The Morgan fingerprint density at radius 3 is 2.76 bits per heavy atom. The minimum atomic E-state index is -0.442. The second-order valence-corrected chi connectivity index (χ2v) is 5.09. The summed E-state index contributed by atoms with van der Waals surface area (Å²) >= 11 is 5.80. The monoisotopic (exact) mass is 301 g/mol. The highest BCUT2D eigenvalue weighted by molar-refractivity contribution is 6.31. The van der Waals surface area contributed by atoms with E-state index in [-0.39, 0.29) is 5.02 Å². The summed E-state index contributed by atoms with van der Waals surface area (Å²) in [6.07, 6.45) is 2.44. The molecule has 21 heavy (non-hydrogen) atoms. The van der Waals surface area contributed by atoms with Crippen molar-refractivity contribution < 1.29 is 4.39 Å². The second kappa shape index (κ2) is 5.66. The molecule has 0 atom stereocenters. The van der Waals surface area contributed by atoms with Crippen LogP contribution >= 0.6 is 11.6 Å². The average Bonchev–Trinajstić information content (AvgIpc) is 2.51. The van der Waals surface area contributed by atoms with Gasteiger partial charge in [0.2, 0.25) is 0 Å². The first kappa shape index (κ1) is 13.8. The topological polar surface area (TPSA) is 37.8 Å². The van der Waals surface area contributed by atoms with E-state index in [0.717, 1.165) is 17.3 Å². The molecule has 3 aromatic rings. The van der Waals surface area contributed by atoms with Gasteiger partial charge in [-0.25, -0.2) is 14.4 Å². The number of nitrogens with one attached hydrogen (secondary N) is 1. The van der Waals surface area contributed by atoms with E-state index in [1.54, 1.807) is 6.07 Å². The van der Waals surface area contributed by atoms with Crippen molar-refractivity contribution in [2.24, 2.45) is 0 Å². The van der Waals surface area contributed by atoms with Gasteiger partial charge in [-0.1, -0.05) is 24.6 Å². The molecule has 106 valence electrons. The smallest absolute Gasteiger partial charge is 0.141 e. The van der Waals surface area contributed by atoms with Crippen molar-refractivity contribution in [1.82, 2.24) is 9.97 Å². The lowest BCUT2D eigenvalue weighted by Gasteiger charge is -2.09. The van der Waals surface area contributed by atoms with E-state index in [2.05, 4.69) is 28.3 Å². The highest BCUT2D eigenvalue weighted by Gasteiger charge is 2.06. The zero-order valence-electron chi connectivity index (χ0n) is 11.4. The maximum atomic E-state index is 13.2. The van der Waals surface area contributed by atoms with Crippen molar-refractivity contribution in [3.63, 3.8) is 0 Å². The summed E-state index contributed by atoms with van der Waals surface area (Å²) in [4.78, 5) is 8.52. The molecule has 3 rings (SSSR count). The standard InChI is InChI=1S/C16H13ClFN3/c1-2-10-3-6-15-12(7-10)16(20-9-19-15)21-11-4-5-14(18)13(17)8-11/h3-9H,2H2,1H3,(H,19,20,21). The van der Waals surface area contributed by atoms with E-state index >= 15 is 0 Å². The number of fused-ring (bicyclic) bond motifs is 1. The lowest BCUT2D eigenvalue weighted by atomic mass is 10.1.